The number of nitrogens with one attached hydrogen (secondary N) is 3. The van der Waals surface area contributed by atoms with Gasteiger partial charge in [0.25, 0.3) is 0 Å². The first kappa shape index (κ1) is 27.7. The summed E-state index contributed by atoms with van der Waals surface area (Å²) in [5.41, 5.74) is 4.34. The molecule has 42 heavy (non-hydrogen) atoms. The molecule has 2 aromatic carbocycles. The molecule has 216 valence electrons. The number of amides is 2. The Labute approximate surface area is 249 Å². The third kappa shape index (κ3) is 5.67. The van der Waals surface area contributed by atoms with Crippen molar-refractivity contribution < 1.29 is 9.59 Å². The number of anilines is 4. The maximum Gasteiger partial charge on any atom is 0.244 e. The van der Waals surface area contributed by atoms with Gasteiger partial charge in [0.15, 0.2) is 5.82 Å². The van der Waals surface area contributed by atoms with Gasteiger partial charge in [-0.2, -0.15) is 10.1 Å². The number of nitrogens with zero attached hydrogens (tertiary/aromatic N) is 5. The third-order valence-electron chi connectivity index (χ3n) is 8.12. The number of carbonyl (C=O) groups is 2. The summed E-state index contributed by atoms with van der Waals surface area (Å²) in [6.45, 7) is 6.09. The van der Waals surface area contributed by atoms with E-state index in [1.54, 1.807) is 17.1 Å². The molecule has 2 aromatic heterocycles. The second-order valence-electron chi connectivity index (χ2n) is 11.3. The minimum absolute atomic E-state index is 0.00972. The van der Waals surface area contributed by atoms with Gasteiger partial charge in [-0.15, -0.1) is 0 Å². The van der Waals surface area contributed by atoms with Gasteiger partial charge in [0, 0.05) is 43.4 Å². The lowest BCUT2D eigenvalue weighted by Gasteiger charge is -2.32. The molecule has 0 bridgehead atoms. The molecule has 0 atom stereocenters. The van der Waals surface area contributed by atoms with Crippen molar-refractivity contribution in [1.82, 2.24) is 24.6 Å². The van der Waals surface area contributed by atoms with Gasteiger partial charge in [-0.3, -0.25) is 14.3 Å². The molecular formula is C31H33ClN8O2. The number of aromatic nitrogens is 4. The van der Waals surface area contributed by atoms with Crippen LogP contribution in [-0.2, 0) is 28.1 Å². The number of hydrogen-bond donors (Lipinski definition) is 3. The fourth-order valence-corrected chi connectivity index (χ4v) is 5.93. The van der Waals surface area contributed by atoms with E-state index in [1.807, 2.05) is 61.3 Å². The summed E-state index contributed by atoms with van der Waals surface area (Å²) in [7, 11) is 0. The average Bonchev–Trinajstić information content (AvgIpc) is 3.59. The minimum Gasteiger partial charge on any atom is -0.365 e. The highest BCUT2D eigenvalue weighted by Crippen LogP contribution is 2.40. The number of likely N-dealkylation sites (tertiary alicyclic amines) is 1. The second kappa shape index (κ2) is 11.4. The molecule has 0 aliphatic carbocycles. The number of benzene rings is 2. The van der Waals surface area contributed by atoms with Gasteiger partial charge in [0.05, 0.1) is 11.6 Å². The molecule has 3 N–H and O–H groups in total. The van der Waals surface area contributed by atoms with E-state index in [0.29, 0.717) is 29.3 Å². The summed E-state index contributed by atoms with van der Waals surface area (Å²) in [6, 6.07) is 16.0. The van der Waals surface area contributed by atoms with Gasteiger partial charge in [0.1, 0.15) is 11.6 Å². The third-order valence-corrected chi connectivity index (χ3v) is 8.40. The van der Waals surface area contributed by atoms with Crippen molar-refractivity contribution in [2.45, 2.75) is 51.1 Å². The lowest BCUT2D eigenvalue weighted by molar-refractivity contribution is -0.133. The fourth-order valence-electron chi connectivity index (χ4n) is 5.77. The quantitative estimate of drug-likeness (QED) is 0.257. The summed E-state index contributed by atoms with van der Waals surface area (Å²) in [4.78, 5) is 35.9. The van der Waals surface area contributed by atoms with Crippen LogP contribution in [0.25, 0.3) is 0 Å². The molecule has 0 spiro atoms. The van der Waals surface area contributed by atoms with Crippen LogP contribution in [0.1, 0.15) is 49.3 Å². The monoisotopic (exact) mass is 584 g/mol. The molecule has 0 unspecified atom stereocenters. The number of rotatable bonds is 8. The van der Waals surface area contributed by atoms with Gasteiger partial charge in [-0.25, -0.2) is 4.98 Å². The van der Waals surface area contributed by atoms with E-state index < -0.39 is 5.41 Å². The predicted molar refractivity (Wildman–Crippen MR) is 163 cm³/mol. The molecule has 11 heteroatoms. The van der Waals surface area contributed by atoms with Crippen molar-refractivity contribution in [3.8, 4) is 0 Å². The van der Waals surface area contributed by atoms with Gasteiger partial charge in [-0.1, -0.05) is 35.9 Å². The normalized spacial score (nSPS) is 16.2. The summed E-state index contributed by atoms with van der Waals surface area (Å²) in [6.07, 6.45) is 6.93. The summed E-state index contributed by atoms with van der Waals surface area (Å²) in [5.74, 6) is 1.44. The van der Waals surface area contributed by atoms with Crippen LogP contribution < -0.4 is 16.0 Å². The summed E-state index contributed by atoms with van der Waals surface area (Å²) >= 11 is 6.42. The Morgan fingerprint density at radius 2 is 1.90 bits per heavy atom. The van der Waals surface area contributed by atoms with Crippen molar-refractivity contribution in [2.24, 2.45) is 0 Å². The predicted octanol–water partition coefficient (Wildman–Crippen LogP) is 5.32. The molecule has 1 fully saturated rings. The van der Waals surface area contributed by atoms with Gasteiger partial charge >= 0.3 is 0 Å². The maximum absolute atomic E-state index is 12.6. The van der Waals surface area contributed by atoms with E-state index in [4.69, 9.17) is 11.6 Å². The van der Waals surface area contributed by atoms with Gasteiger partial charge in [0.2, 0.25) is 17.8 Å². The van der Waals surface area contributed by atoms with E-state index in [1.165, 1.54) is 5.56 Å². The Morgan fingerprint density at radius 1 is 1.12 bits per heavy atom. The number of carbonyl (C=O) groups excluding carboxylic acids is 2. The number of fused-ring (bicyclic) bond motifs is 1. The van der Waals surface area contributed by atoms with Gasteiger partial charge in [-0.05, 0) is 73.6 Å². The molecule has 6 rings (SSSR count). The lowest BCUT2D eigenvalue weighted by Crippen LogP contribution is -2.39. The van der Waals surface area contributed by atoms with Crippen molar-refractivity contribution in [2.75, 3.05) is 29.0 Å². The van der Waals surface area contributed by atoms with E-state index in [9.17, 15) is 9.59 Å². The zero-order chi connectivity index (χ0) is 29.3. The van der Waals surface area contributed by atoms with E-state index >= 15 is 0 Å². The van der Waals surface area contributed by atoms with Crippen molar-refractivity contribution in [3.63, 3.8) is 0 Å². The Hall–Kier alpha value is -4.44. The van der Waals surface area contributed by atoms with Crippen LogP contribution in [0, 0.1) is 0 Å². The summed E-state index contributed by atoms with van der Waals surface area (Å²) in [5, 5.41) is 14.1. The second-order valence-corrected chi connectivity index (χ2v) is 11.7. The maximum atomic E-state index is 12.6. The highest BCUT2D eigenvalue weighted by Gasteiger charge is 2.39. The van der Waals surface area contributed by atoms with E-state index in [2.05, 4.69) is 43.1 Å². The first-order valence-corrected chi connectivity index (χ1v) is 14.5. The largest absolute Gasteiger partial charge is 0.365 e. The van der Waals surface area contributed by atoms with Crippen LogP contribution in [0.3, 0.4) is 0 Å². The molecule has 0 radical (unpaired) electrons. The minimum atomic E-state index is -0.614. The first-order chi connectivity index (χ1) is 20.3. The average molecular weight is 585 g/mol. The zero-order valence-electron chi connectivity index (χ0n) is 23.6. The van der Waals surface area contributed by atoms with Crippen LogP contribution >= 0.6 is 11.6 Å². The standard InChI is InChI=1S/C31H33ClN8O2/c1-31(2)27-22(5-3-6-25(27)37-29(31)42)17-33-28-24(32)18-34-30(38-28)36-23-9-7-20(8-10-23)21-11-15-39(16-12-21)26(41)19-40-14-4-13-35-40/h3-10,13-14,18,21H,11-12,15-17,19H2,1-2H3,(H,37,42)(H2,33,34,36,38). The Bertz CT molecular complexity index is 1600. The van der Waals surface area contributed by atoms with E-state index in [0.717, 1.165) is 48.4 Å². The van der Waals surface area contributed by atoms with Crippen LogP contribution in [-0.4, -0.2) is 49.6 Å². The number of piperidine rings is 1. The van der Waals surface area contributed by atoms with Crippen LogP contribution in [0.2, 0.25) is 5.02 Å². The molecule has 10 nitrogen and oxygen atoms in total. The Morgan fingerprint density at radius 3 is 2.64 bits per heavy atom. The van der Waals surface area contributed by atoms with Crippen molar-refractivity contribution >= 4 is 46.6 Å². The SMILES string of the molecule is CC1(C)C(=O)Nc2cccc(CNc3nc(Nc4ccc(C5CCN(C(=O)Cn6cccn6)CC5)cc4)ncc3Cl)c21. The molecule has 2 aliphatic heterocycles. The first-order valence-electron chi connectivity index (χ1n) is 14.1. The molecule has 4 heterocycles. The van der Waals surface area contributed by atoms with Gasteiger partial charge < -0.3 is 20.9 Å². The highest BCUT2D eigenvalue weighted by molar-refractivity contribution is 6.32. The molecule has 0 saturated carbocycles. The molecule has 2 amide bonds. The van der Waals surface area contributed by atoms with Crippen molar-refractivity contribution in [3.05, 3.63) is 88.8 Å². The van der Waals surface area contributed by atoms with Crippen molar-refractivity contribution in [1.29, 1.82) is 0 Å². The lowest BCUT2D eigenvalue weighted by atomic mass is 9.83. The zero-order valence-corrected chi connectivity index (χ0v) is 24.4. The summed E-state index contributed by atoms with van der Waals surface area (Å²) < 4.78 is 1.67. The Kier molecular flexibility index (Phi) is 7.55. The number of hydrogen-bond acceptors (Lipinski definition) is 7. The Balaban J connectivity index is 1.06. The molecular weight excluding hydrogens is 552 g/mol. The smallest absolute Gasteiger partial charge is 0.244 e. The molecule has 4 aromatic rings. The van der Waals surface area contributed by atoms with E-state index in [-0.39, 0.29) is 18.4 Å². The molecule has 2 aliphatic rings. The topological polar surface area (TPSA) is 117 Å². The highest BCUT2D eigenvalue weighted by atomic mass is 35.5. The van der Waals surface area contributed by atoms with Crippen LogP contribution in [0.5, 0.6) is 0 Å². The fraction of sp³-hybridized carbons (Fsp3) is 0.323. The van der Waals surface area contributed by atoms with Crippen LogP contribution in [0.4, 0.5) is 23.1 Å². The van der Waals surface area contributed by atoms with Crippen LogP contribution in [0.15, 0.2) is 67.1 Å². The molecule has 1 saturated heterocycles. The number of halogens is 1.